The van der Waals surface area contributed by atoms with Crippen LogP contribution in [-0.2, 0) is 6.18 Å². The Morgan fingerprint density at radius 3 is 2.58 bits per heavy atom. The first-order valence-corrected chi connectivity index (χ1v) is 5.47. The molecule has 0 spiro atoms. The van der Waals surface area contributed by atoms with Crippen molar-refractivity contribution < 1.29 is 18.0 Å². The van der Waals surface area contributed by atoms with E-state index in [4.69, 9.17) is 11.6 Å². The summed E-state index contributed by atoms with van der Waals surface area (Å²) in [5.74, 6) is 0. The number of aldehydes is 1. The molecule has 1 heterocycles. The number of rotatable bonds is 2. The summed E-state index contributed by atoms with van der Waals surface area (Å²) in [7, 11) is 0. The zero-order valence-electron chi connectivity index (χ0n) is 9.57. The Hall–Kier alpha value is -1.89. The summed E-state index contributed by atoms with van der Waals surface area (Å²) in [5, 5.41) is 7.01. The van der Waals surface area contributed by atoms with Gasteiger partial charge in [0.25, 0.3) is 0 Å². The second-order valence-corrected chi connectivity index (χ2v) is 4.22. The first kappa shape index (κ1) is 13.5. The van der Waals surface area contributed by atoms with Gasteiger partial charge in [-0.3, -0.25) is 4.79 Å². The molecule has 0 unspecified atom stereocenters. The summed E-state index contributed by atoms with van der Waals surface area (Å²) >= 11 is 5.74. The molecule has 100 valence electrons. The molecule has 0 fully saturated rings. The molecule has 1 aromatic carbocycles. The fourth-order valence-electron chi connectivity index (χ4n) is 1.66. The molecule has 0 amide bonds. The summed E-state index contributed by atoms with van der Waals surface area (Å²) in [6, 6.07) is 4.32. The number of aryl methyl sites for hydroxylation is 1. The molecule has 0 aliphatic heterocycles. The number of benzene rings is 1. The maximum absolute atomic E-state index is 12.9. The second-order valence-electron chi connectivity index (χ2n) is 3.78. The third-order valence-corrected chi connectivity index (χ3v) is 2.70. The maximum atomic E-state index is 12.9. The number of hydrogen-bond acceptors (Lipinski definition) is 3. The smallest absolute Gasteiger partial charge is 0.296 e. The molecule has 19 heavy (non-hydrogen) atoms. The van der Waals surface area contributed by atoms with Crippen LogP contribution in [0.25, 0.3) is 5.69 Å². The molecule has 0 aliphatic carbocycles. The number of hydrogen-bond donors (Lipinski definition) is 0. The van der Waals surface area contributed by atoms with Crippen molar-refractivity contribution in [3.05, 3.63) is 40.2 Å². The predicted octanol–water partition coefficient (Wildman–Crippen LogP) is 3.06. The lowest BCUT2D eigenvalue weighted by atomic mass is 10.2. The molecule has 0 saturated heterocycles. The van der Waals surface area contributed by atoms with Crippen molar-refractivity contribution in [2.24, 2.45) is 0 Å². The van der Waals surface area contributed by atoms with Crippen molar-refractivity contribution in [3.63, 3.8) is 0 Å². The average molecular weight is 290 g/mol. The fourth-order valence-corrected chi connectivity index (χ4v) is 1.89. The zero-order chi connectivity index (χ0) is 14.2. The molecule has 8 heteroatoms. The van der Waals surface area contributed by atoms with Crippen LogP contribution in [0.3, 0.4) is 0 Å². The Bertz CT molecular complexity index is 637. The Balaban J connectivity index is 2.69. The van der Waals surface area contributed by atoms with Crippen molar-refractivity contribution in [2.45, 2.75) is 13.1 Å². The van der Waals surface area contributed by atoms with Crippen LogP contribution in [0.4, 0.5) is 13.2 Å². The van der Waals surface area contributed by atoms with Crippen LogP contribution in [-0.4, -0.2) is 21.3 Å². The van der Waals surface area contributed by atoms with Gasteiger partial charge < -0.3 is 0 Å². The van der Waals surface area contributed by atoms with E-state index >= 15 is 0 Å². The lowest BCUT2D eigenvalue weighted by molar-refractivity contribution is -0.143. The first-order chi connectivity index (χ1) is 8.84. The van der Waals surface area contributed by atoms with E-state index in [1.54, 1.807) is 6.92 Å². The topological polar surface area (TPSA) is 47.8 Å². The lowest BCUT2D eigenvalue weighted by Crippen LogP contribution is -2.16. The first-order valence-electron chi connectivity index (χ1n) is 5.09. The molecule has 0 aliphatic rings. The van der Waals surface area contributed by atoms with E-state index in [0.717, 1.165) is 0 Å². The number of aromatic nitrogens is 3. The van der Waals surface area contributed by atoms with Crippen LogP contribution in [0.15, 0.2) is 18.2 Å². The van der Waals surface area contributed by atoms with E-state index < -0.39 is 17.6 Å². The van der Waals surface area contributed by atoms with Crippen molar-refractivity contribution in [3.8, 4) is 5.69 Å². The van der Waals surface area contributed by atoms with E-state index in [-0.39, 0.29) is 12.0 Å². The monoisotopic (exact) mass is 289 g/mol. The highest BCUT2D eigenvalue weighted by atomic mass is 35.5. The normalized spacial score (nSPS) is 11.6. The molecule has 0 atom stereocenters. The molecule has 0 N–H and O–H groups in total. The minimum absolute atomic E-state index is 0.0254. The molecule has 2 rings (SSSR count). The van der Waals surface area contributed by atoms with Gasteiger partial charge in [-0.15, -0.1) is 5.10 Å². The van der Waals surface area contributed by atoms with Gasteiger partial charge in [0.2, 0.25) is 0 Å². The molecule has 4 nitrogen and oxygen atoms in total. The van der Waals surface area contributed by atoms with Gasteiger partial charge in [0.05, 0.1) is 5.69 Å². The maximum Gasteiger partial charge on any atom is 0.435 e. The van der Waals surface area contributed by atoms with Gasteiger partial charge in [0, 0.05) is 5.02 Å². The van der Waals surface area contributed by atoms with Crippen LogP contribution in [0.5, 0.6) is 0 Å². The van der Waals surface area contributed by atoms with Gasteiger partial charge in [0.15, 0.2) is 17.7 Å². The fraction of sp³-hybridized carbons (Fsp3) is 0.182. The van der Waals surface area contributed by atoms with Crippen LogP contribution in [0.2, 0.25) is 5.02 Å². The molecule has 0 bridgehead atoms. The van der Waals surface area contributed by atoms with E-state index in [1.165, 1.54) is 18.2 Å². The largest absolute Gasteiger partial charge is 0.435 e. The van der Waals surface area contributed by atoms with Crippen molar-refractivity contribution >= 4 is 17.9 Å². The quantitative estimate of drug-likeness (QED) is 0.798. The molecular weight excluding hydrogens is 283 g/mol. The Morgan fingerprint density at radius 2 is 2.05 bits per heavy atom. The molecule has 0 radical (unpaired) electrons. The van der Waals surface area contributed by atoms with Gasteiger partial charge in [-0.25, -0.2) is 4.68 Å². The standard InChI is InChI=1S/C11H7ClF3N3O/c1-6-4-7(12)2-3-9(6)18-10(11(13,14)15)8(5-19)16-17-18/h2-5H,1H3. The summed E-state index contributed by atoms with van der Waals surface area (Å²) < 4.78 is 39.4. The van der Waals surface area contributed by atoms with Crippen molar-refractivity contribution in [2.75, 3.05) is 0 Å². The van der Waals surface area contributed by atoms with Gasteiger partial charge in [-0.1, -0.05) is 16.8 Å². The second kappa shape index (κ2) is 4.65. The van der Waals surface area contributed by atoms with Crippen molar-refractivity contribution in [1.29, 1.82) is 0 Å². The molecular formula is C11H7ClF3N3O. The minimum Gasteiger partial charge on any atom is -0.296 e. The van der Waals surface area contributed by atoms with Crippen LogP contribution in [0, 0.1) is 6.92 Å². The van der Waals surface area contributed by atoms with Crippen LogP contribution in [0.1, 0.15) is 21.7 Å². The Labute approximate surface area is 110 Å². The number of carbonyl (C=O) groups is 1. The summed E-state index contributed by atoms with van der Waals surface area (Å²) in [6.45, 7) is 1.59. The van der Waals surface area contributed by atoms with E-state index in [9.17, 15) is 18.0 Å². The molecule has 0 saturated carbocycles. The SMILES string of the molecule is Cc1cc(Cl)ccc1-n1nnc(C=O)c1C(F)(F)F. The van der Waals surface area contributed by atoms with E-state index in [1.807, 2.05) is 0 Å². The zero-order valence-corrected chi connectivity index (χ0v) is 10.3. The van der Waals surface area contributed by atoms with Gasteiger partial charge in [-0.05, 0) is 30.7 Å². The highest BCUT2D eigenvalue weighted by molar-refractivity contribution is 6.30. The highest BCUT2D eigenvalue weighted by Gasteiger charge is 2.40. The minimum atomic E-state index is -4.73. The lowest BCUT2D eigenvalue weighted by Gasteiger charge is -2.11. The van der Waals surface area contributed by atoms with E-state index in [0.29, 0.717) is 15.3 Å². The number of alkyl halides is 3. The summed E-state index contributed by atoms with van der Waals surface area (Å²) in [6.07, 6.45) is -4.70. The highest BCUT2D eigenvalue weighted by Crippen LogP contribution is 2.33. The van der Waals surface area contributed by atoms with E-state index in [2.05, 4.69) is 10.3 Å². The van der Waals surface area contributed by atoms with Crippen LogP contribution >= 0.6 is 11.6 Å². The number of nitrogens with zero attached hydrogens (tertiary/aromatic N) is 3. The van der Waals surface area contributed by atoms with Crippen LogP contribution < -0.4 is 0 Å². The summed E-state index contributed by atoms with van der Waals surface area (Å²) in [4.78, 5) is 10.6. The average Bonchev–Trinajstić information content (AvgIpc) is 2.72. The van der Waals surface area contributed by atoms with Gasteiger partial charge in [0.1, 0.15) is 0 Å². The summed E-state index contributed by atoms with van der Waals surface area (Å²) in [5.41, 5.74) is -1.30. The predicted molar refractivity (Wildman–Crippen MR) is 61.5 cm³/mol. The third-order valence-electron chi connectivity index (χ3n) is 2.46. The number of carbonyl (C=O) groups excluding carboxylic acids is 1. The number of halogens is 4. The Kier molecular flexibility index (Phi) is 3.32. The van der Waals surface area contributed by atoms with Gasteiger partial charge in [-0.2, -0.15) is 13.2 Å². The molecule has 1 aromatic heterocycles. The third kappa shape index (κ3) is 2.46. The van der Waals surface area contributed by atoms with Gasteiger partial charge >= 0.3 is 6.18 Å². The molecule has 2 aromatic rings. The van der Waals surface area contributed by atoms with Crippen molar-refractivity contribution in [1.82, 2.24) is 15.0 Å². The Morgan fingerprint density at radius 1 is 1.37 bits per heavy atom.